The van der Waals surface area contributed by atoms with E-state index in [2.05, 4.69) is 20.3 Å². The number of nitrogens with zero attached hydrogens (tertiary/aromatic N) is 5. The Balaban J connectivity index is 1.47. The van der Waals surface area contributed by atoms with E-state index in [1.807, 2.05) is 47.9 Å². The summed E-state index contributed by atoms with van der Waals surface area (Å²) in [7, 11) is 0. The fourth-order valence-electron chi connectivity index (χ4n) is 5.10. The fraction of sp³-hybridized carbons (Fsp3) is 0.286. The van der Waals surface area contributed by atoms with Gasteiger partial charge in [-0.15, -0.1) is 0 Å². The molecule has 0 aliphatic carbocycles. The molecule has 4 heterocycles. The molecule has 0 amide bonds. The monoisotopic (exact) mass is 498 g/mol. The van der Waals surface area contributed by atoms with E-state index in [0.717, 1.165) is 25.9 Å². The van der Waals surface area contributed by atoms with Gasteiger partial charge in [0.05, 0.1) is 17.8 Å². The predicted molar refractivity (Wildman–Crippen MR) is 140 cm³/mol. The Hall–Kier alpha value is -4.11. The minimum Gasteiger partial charge on any atom is -0.360 e. The second-order valence-electron chi connectivity index (χ2n) is 9.22. The van der Waals surface area contributed by atoms with Gasteiger partial charge in [-0.3, -0.25) is 13.9 Å². The van der Waals surface area contributed by atoms with Crippen LogP contribution in [0.5, 0.6) is 0 Å². The summed E-state index contributed by atoms with van der Waals surface area (Å²) < 4.78 is 24.3. The molecule has 2 atom stereocenters. The molecular weight excluding hydrogens is 471 g/mol. The lowest BCUT2D eigenvalue weighted by Crippen LogP contribution is -2.27. The summed E-state index contributed by atoms with van der Waals surface area (Å²) in [6.45, 7) is 2.75. The maximum Gasteiger partial charge on any atom is 0.266 e. The van der Waals surface area contributed by atoms with Crippen molar-refractivity contribution < 1.29 is 9.13 Å². The number of anilines is 1. The molecule has 1 unspecified atom stereocenters. The summed E-state index contributed by atoms with van der Waals surface area (Å²) in [5.41, 5.74) is 2.30. The van der Waals surface area contributed by atoms with Crippen LogP contribution in [0.25, 0.3) is 27.6 Å². The number of nitrogens with one attached hydrogen (secondary N) is 1. The molecule has 37 heavy (non-hydrogen) atoms. The molecule has 1 aliphatic heterocycles. The summed E-state index contributed by atoms with van der Waals surface area (Å²) in [4.78, 5) is 27.3. The van der Waals surface area contributed by atoms with Gasteiger partial charge in [0.2, 0.25) is 0 Å². The molecule has 1 aliphatic rings. The van der Waals surface area contributed by atoms with Crippen molar-refractivity contribution in [3.05, 3.63) is 89.1 Å². The molecule has 5 aromatic rings. The Bertz CT molecular complexity index is 1630. The van der Waals surface area contributed by atoms with Crippen LogP contribution in [-0.4, -0.2) is 30.7 Å². The van der Waals surface area contributed by atoms with Gasteiger partial charge >= 0.3 is 0 Å². The highest BCUT2D eigenvalue weighted by Crippen LogP contribution is 2.31. The van der Waals surface area contributed by atoms with E-state index in [9.17, 15) is 9.18 Å². The van der Waals surface area contributed by atoms with E-state index in [1.54, 1.807) is 23.0 Å². The second-order valence-corrected chi connectivity index (χ2v) is 9.22. The number of rotatable bonds is 6. The third-order valence-corrected chi connectivity index (χ3v) is 6.94. The van der Waals surface area contributed by atoms with E-state index in [0.29, 0.717) is 40.2 Å². The number of fused-ring (bicyclic) bond motifs is 2. The molecular formula is C28H27FN6O2. The van der Waals surface area contributed by atoms with Crippen molar-refractivity contribution in [2.45, 2.75) is 44.9 Å². The zero-order valence-electron chi connectivity index (χ0n) is 20.5. The number of imidazole rings is 1. The van der Waals surface area contributed by atoms with Crippen LogP contribution < -0.4 is 10.9 Å². The van der Waals surface area contributed by atoms with Crippen LogP contribution in [-0.2, 0) is 4.74 Å². The fourth-order valence-corrected chi connectivity index (χ4v) is 5.10. The Morgan fingerprint density at radius 3 is 2.76 bits per heavy atom. The summed E-state index contributed by atoms with van der Waals surface area (Å²) in [5, 5.41) is 4.12. The number of para-hydroxylation sites is 1. The lowest BCUT2D eigenvalue weighted by Gasteiger charge is -2.24. The Morgan fingerprint density at radius 2 is 1.97 bits per heavy atom. The summed E-state index contributed by atoms with van der Waals surface area (Å²) >= 11 is 0. The maximum atomic E-state index is 14.8. The molecule has 6 rings (SSSR count). The molecule has 188 valence electrons. The van der Waals surface area contributed by atoms with E-state index < -0.39 is 11.4 Å². The van der Waals surface area contributed by atoms with Crippen LogP contribution in [0.15, 0.2) is 72.0 Å². The van der Waals surface area contributed by atoms with Crippen molar-refractivity contribution >= 4 is 27.8 Å². The second kappa shape index (κ2) is 9.74. The van der Waals surface area contributed by atoms with Gasteiger partial charge in [0.15, 0.2) is 17.0 Å². The van der Waals surface area contributed by atoms with Crippen molar-refractivity contribution in [2.75, 3.05) is 11.9 Å². The van der Waals surface area contributed by atoms with E-state index in [4.69, 9.17) is 4.74 Å². The summed E-state index contributed by atoms with van der Waals surface area (Å²) in [5.74, 6) is 0.0329. The smallest absolute Gasteiger partial charge is 0.266 e. The third-order valence-electron chi connectivity index (χ3n) is 6.94. The zero-order valence-corrected chi connectivity index (χ0v) is 20.5. The quantitative estimate of drug-likeness (QED) is 0.331. The topological polar surface area (TPSA) is 86.9 Å². The number of benzene rings is 2. The van der Waals surface area contributed by atoms with E-state index in [-0.39, 0.29) is 17.7 Å². The van der Waals surface area contributed by atoms with E-state index in [1.165, 1.54) is 12.4 Å². The minimum atomic E-state index is -0.535. The van der Waals surface area contributed by atoms with Crippen molar-refractivity contribution in [1.82, 2.24) is 24.1 Å². The number of hydrogen-bond acceptors (Lipinski definition) is 6. The molecule has 0 bridgehead atoms. The van der Waals surface area contributed by atoms with Gasteiger partial charge in [0.1, 0.15) is 18.4 Å². The first-order valence-electron chi connectivity index (χ1n) is 12.6. The Morgan fingerprint density at radius 1 is 1.11 bits per heavy atom. The molecule has 3 aromatic heterocycles. The zero-order chi connectivity index (χ0) is 25.4. The first kappa shape index (κ1) is 23.3. The van der Waals surface area contributed by atoms with Crippen LogP contribution in [0.4, 0.5) is 10.2 Å². The number of pyridine rings is 1. The van der Waals surface area contributed by atoms with Gasteiger partial charge in [-0.1, -0.05) is 37.3 Å². The first-order valence-corrected chi connectivity index (χ1v) is 12.6. The Labute approximate surface area is 212 Å². The highest BCUT2D eigenvalue weighted by molar-refractivity contribution is 5.84. The van der Waals surface area contributed by atoms with Crippen LogP contribution in [0, 0.1) is 5.82 Å². The van der Waals surface area contributed by atoms with Crippen molar-refractivity contribution in [2.24, 2.45) is 0 Å². The van der Waals surface area contributed by atoms with Gasteiger partial charge in [0, 0.05) is 18.0 Å². The summed E-state index contributed by atoms with van der Waals surface area (Å²) in [6.07, 6.45) is 6.87. The average molecular weight is 499 g/mol. The molecule has 1 saturated heterocycles. The molecule has 2 aromatic carbocycles. The standard InChI is InChI=1S/C28H27FN6O2/c1-2-21(33-26-25-27(31-16-30-26)34(17-32-25)23-13-6-7-14-37-23)22-15-18-9-8-12-20(29)24(18)28(36)35(22)19-10-4-3-5-11-19/h3-5,8-12,15-17,21,23H,2,6-7,13-14H2,1H3,(H,30,31,33)/t21-,23?/m0/s1. The first-order chi connectivity index (χ1) is 18.2. The minimum absolute atomic E-state index is 0.0700. The van der Waals surface area contributed by atoms with Crippen LogP contribution >= 0.6 is 0 Å². The molecule has 0 spiro atoms. The van der Waals surface area contributed by atoms with E-state index >= 15 is 0 Å². The largest absolute Gasteiger partial charge is 0.360 e. The van der Waals surface area contributed by atoms with Crippen LogP contribution in [0.3, 0.4) is 0 Å². The van der Waals surface area contributed by atoms with Gasteiger partial charge in [-0.25, -0.2) is 19.3 Å². The van der Waals surface area contributed by atoms with Gasteiger partial charge in [-0.05, 0) is 55.3 Å². The molecule has 9 heteroatoms. The van der Waals surface area contributed by atoms with Crippen molar-refractivity contribution in [1.29, 1.82) is 0 Å². The Kier molecular flexibility index (Phi) is 6.13. The van der Waals surface area contributed by atoms with Crippen molar-refractivity contribution in [3.63, 3.8) is 0 Å². The normalized spacial score (nSPS) is 16.8. The van der Waals surface area contributed by atoms with Gasteiger partial charge < -0.3 is 10.1 Å². The molecule has 1 N–H and O–H groups in total. The molecule has 8 nitrogen and oxygen atoms in total. The number of hydrogen-bond donors (Lipinski definition) is 1. The number of aromatic nitrogens is 5. The highest BCUT2D eigenvalue weighted by Gasteiger charge is 2.23. The number of ether oxygens (including phenoxy) is 1. The SMILES string of the molecule is CC[C@H](Nc1ncnc2c1ncn2C1CCCCO1)c1cc2cccc(F)c2c(=O)n1-c1ccccc1. The maximum absolute atomic E-state index is 14.8. The predicted octanol–water partition coefficient (Wildman–Crippen LogP) is 5.53. The van der Waals surface area contributed by atoms with Crippen molar-refractivity contribution in [3.8, 4) is 5.69 Å². The van der Waals surface area contributed by atoms with Gasteiger partial charge in [-0.2, -0.15) is 0 Å². The van der Waals surface area contributed by atoms with Gasteiger partial charge in [0.25, 0.3) is 5.56 Å². The van der Waals surface area contributed by atoms with Crippen LogP contribution in [0.2, 0.25) is 0 Å². The lowest BCUT2D eigenvalue weighted by atomic mass is 10.0. The van der Waals surface area contributed by atoms with Crippen LogP contribution in [0.1, 0.15) is 50.6 Å². The third kappa shape index (κ3) is 4.15. The number of halogens is 1. The lowest BCUT2D eigenvalue weighted by molar-refractivity contribution is -0.0298. The molecule has 0 radical (unpaired) electrons. The molecule has 1 fully saturated rings. The summed E-state index contributed by atoms with van der Waals surface area (Å²) in [6, 6.07) is 15.6. The molecule has 0 saturated carbocycles. The highest BCUT2D eigenvalue weighted by atomic mass is 19.1. The average Bonchev–Trinajstić information content (AvgIpc) is 3.37.